The highest BCUT2D eigenvalue weighted by molar-refractivity contribution is 6.30. The number of likely N-dealkylation sites (tertiary alicyclic amines) is 1. The predicted octanol–water partition coefficient (Wildman–Crippen LogP) is 2.61. The summed E-state index contributed by atoms with van der Waals surface area (Å²) in [6, 6.07) is 2.63. The van der Waals surface area contributed by atoms with Crippen LogP contribution in [-0.4, -0.2) is 64.8 Å². The summed E-state index contributed by atoms with van der Waals surface area (Å²) in [6.45, 7) is 4.35. The van der Waals surface area contributed by atoms with Gasteiger partial charge >= 0.3 is 5.97 Å². The Labute approximate surface area is 156 Å². The first-order chi connectivity index (χ1) is 12.4. The molecule has 1 atom stereocenters. The van der Waals surface area contributed by atoms with E-state index >= 15 is 0 Å². The Balaban J connectivity index is 1.91. The van der Waals surface area contributed by atoms with E-state index in [0.29, 0.717) is 25.9 Å². The fourth-order valence-electron chi connectivity index (χ4n) is 3.79. The van der Waals surface area contributed by atoms with Gasteiger partial charge in [0.2, 0.25) is 0 Å². The topological polar surface area (TPSA) is 70.1 Å². The van der Waals surface area contributed by atoms with Crippen LogP contribution in [0.3, 0.4) is 0 Å². The van der Waals surface area contributed by atoms with Crippen LogP contribution in [0, 0.1) is 5.82 Å². The first kappa shape index (κ1) is 19.1. The van der Waals surface area contributed by atoms with Gasteiger partial charge in [-0.2, -0.15) is 0 Å². The molecule has 3 rings (SSSR count). The number of aliphatic carboxylic acids is 1. The Morgan fingerprint density at radius 1 is 1.38 bits per heavy atom. The number of ether oxygens (including phenoxy) is 1. The van der Waals surface area contributed by atoms with E-state index in [1.165, 1.54) is 17.0 Å². The number of halogens is 2. The van der Waals surface area contributed by atoms with E-state index in [-0.39, 0.29) is 17.2 Å². The first-order valence-electron chi connectivity index (χ1n) is 8.76. The molecule has 0 aliphatic carbocycles. The zero-order chi connectivity index (χ0) is 18.9. The molecule has 2 saturated heterocycles. The number of carbonyl (C=O) groups excluding carboxylic acids is 1. The average molecular weight is 385 g/mol. The molecule has 6 nitrogen and oxygen atoms in total. The number of hydrogen-bond acceptors (Lipinski definition) is 4. The molecule has 2 aliphatic rings. The molecule has 0 radical (unpaired) electrons. The van der Waals surface area contributed by atoms with Crippen LogP contribution in [-0.2, 0) is 9.53 Å². The van der Waals surface area contributed by atoms with Gasteiger partial charge in [0.05, 0.1) is 12.2 Å². The van der Waals surface area contributed by atoms with Gasteiger partial charge < -0.3 is 14.7 Å². The Hall–Kier alpha value is -1.70. The van der Waals surface area contributed by atoms with Crippen molar-refractivity contribution in [1.29, 1.82) is 0 Å². The zero-order valence-electron chi connectivity index (χ0n) is 14.6. The molecule has 1 spiro atoms. The van der Waals surface area contributed by atoms with Crippen LogP contribution in [0.25, 0.3) is 0 Å². The molecule has 0 saturated carbocycles. The minimum absolute atomic E-state index is 0.0932. The molecule has 1 amide bonds. The van der Waals surface area contributed by atoms with Crippen molar-refractivity contribution in [2.45, 2.75) is 38.0 Å². The number of rotatable bonds is 4. The quantitative estimate of drug-likeness (QED) is 0.864. The molecular formula is C18H22ClFN2O4. The average Bonchev–Trinajstić information content (AvgIpc) is 2.96. The zero-order valence-corrected chi connectivity index (χ0v) is 15.3. The van der Waals surface area contributed by atoms with E-state index in [1.54, 1.807) is 0 Å². The second-order valence-electron chi connectivity index (χ2n) is 6.75. The molecule has 142 valence electrons. The monoisotopic (exact) mass is 384 g/mol. The van der Waals surface area contributed by atoms with Crippen molar-refractivity contribution >= 4 is 23.5 Å². The Bertz CT molecular complexity index is 706. The van der Waals surface area contributed by atoms with Gasteiger partial charge in [-0.05, 0) is 31.2 Å². The Kier molecular flexibility index (Phi) is 5.50. The molecular weight excluding hydrogens is 363 g/mol. The van der Waals surface area contributed by atoms with Gasteiger partial charge in [-0.1, -0.05) is 18.5 Å². The summed E-state index contributed by atoms with van der Waals surface area (Å²) >= 11 is 5.76. The van der Waals surface area contributed by atoms with E-state index in [1.807, 2.05) is 0 Å². The van der Waals surface area contributed by atoms with Crippen LogP contribution in [0.2, 0.25) is 5.02 Å². The summed E-state index contributed by atoms with van der Waals surface area (Å²) in [7, 11) is 0. The summed E-state index contributed by atoms with van der Waals surface area (Å²) in [5.41, 5.74) is -1.20. The van der Waals surface area contributed by atoms with Crippen molar-refractivity contribution in [3.05, 3.63) is 34.6 Å². The molecule has 2 fully saturated rings. The fourth-order valence-corrected chi connectivity index (χ4v) is 3.95. The summed E-state index contributed by atoms with van der Waals surface area (Å²) in [5, 5.41) is 9.72. The standard InChI is InChI=1S/C18H22ClFN2O4/c1-2-7-21-8-5-18(6-9-21)22(15(11-26-18)17(24)25)16(23)13-4-3-12(19)10-14(13)20/h3-4,10,15H,2,5-9,11H2,1H3,(H,24,25). The SMILES string of the molecule is CCCN1CCC2(CC1)OCC(C(=O)O)N2C(=O)c1ccc(Cl)cc1F. The van der Waals surface area contributed by atoms with Gasteiger partial charge in [0, 0.05) is 31.0 Å². The summed E-state index contributed by atoms with van der Waals surface area (Å²) in [4.78, 5) is 28.2. The van der Waals surface area contributed by atoms with E-state index in [2.05, 4.69) is 11.8 Å². The number of carbonyl (C=O) groups is 2. The predicted molar refractivity (Wildman–Crippen MR) is 93.7 cm³/mol. The van der Waals surface area contributed by atoms with E-state index in [9.17, 15) is 19.1 Å². The van der Waals surface area contributed by atoms with Gasteiger partial charge in [-0.3, -0.25) is 9.69 Å². The van der Waals surface area contributed by atoms with Gasteiger partial charge in [-0.25, -0.2) is 9.18 Å². The molecule has 0 aromatic heterocycles. The van der Waals surface area contributed by atoms with Crippen molar-refractivity contribution < 1.29 is 23.8 Å². The third kappa shape index (κ3) is 3.43. The summed E-state index contributed by atoms with van der Waals surface area (Å²) in [5.74, 6) is -2.59. The van der Waals surface area contributed by atoms with E-state index in [0.717, 1.165) is 19.0 Å². The highest BCUT2D eigenvalue weighted by Crippen LogP contribution is 2.38. The minimum Gasteiger partial charge on any atom is -0.480 e. The molecule has 1 N–H and O–H groups in total. The number of amides is 1. The van der Waals surface area contributed by atoms with Crippen LogP contribution >= 0.6 is 11.6 Å². The van der Waals surface area contributed by atoms with E-state index < -0.39 is 29.5 Å². The molecule has 2 heterocycles. The second-order valence-corrected chi connectivity index (χ2v) is 7.19. The molecule has 1 aromatic rings. The van der Waals surface area contributed by atoms with Crippen molar-refractivity contribution in [1.82, 2.24) is 9.80 Å². The van der Waals surface area contributed by atoms with Gasteiger partial charge in [-0.15, -0.1) is 0 Å². The highest BCUT2D eigenvalue weighted by atomic mass is 35.5. The number of nitrogens with zero attached hydrogens (tertiary/aromatic N) is 2. The third-order valence-electron chi connectivity index (χ3n) is 5.10. The maximum absolute atomic E-state index is 14.3. The number of carboxylic acid groups (broad SMARTS) is 1. The van der Waals surface area contributed by atoms with Gasteiger partial charge in [0.15, 0.2) is 6.04 Å². The Morgan fingerprint density at radius 2 is 2.08 bits per heavy atom. The van der Waals surface area contributed by atoms with E-state index in [4.69, 9.17) is 16.3 Å². The lowest BCUT2D eigenvalue weighted by Crippen LogP contribution is -2.58. The molecule has 1 aromatic carbocycles. The first-order valence-corrected chi connectivity index (χ1v) is 9.13. The van der Waals surface area contributed by atoms with Crippen LogP contribution in [0.5, 0.6) is 0 Å². The summed E-state index contributed by atoms with van der Waals surface area (Å²) in [6.07, 6.45) is 2.01. The maximum Gasteiger partial charge on any atom is 0.328 e. The van der Waals surface area contributed by atoms with Crippen LogP contribution in [0.4, 0.5) is 4.39 Å². The third-order valence-corrected chi connectivity index (χ3v) is 5.34. The largest absolute Gasteiger partial charge is 0.480 e. The highest BCUT2D eigenvalue weighted by Gasteiger charge is 2.54. The number of piperidine rings is 1. The molecule has 1 unspecified atom stereocenters. The normalized spacial score (nSPS) is 22.7. The summed E-state index contributed by atoms with van der Waals surface area (Å²) < 4.78 is 20.1. The molecule has 26 heavy (non-hydrogen) atoms. The second kappa shape index (κ2) is 7.50. The van der Waals surface area contributed by atoms with Gasteiger partial charge in [0.1, 0.15) is 11.5 Å². The lowest BCUT2D eigenvalue weighted by Gasteiger charge is -2.44. The van der Waals surface area contributed by atoms with Crippen molar-refractivity contribution in [3.8, 4) is 0 Å². The van der Waals surface area contributed by atoms with Gasteiger partial charge in [0.25, 0.3) is 5.91 Å². The van der Waals surface area contributed by atoms with Crippen LogP contribution in [0.1, 0.15) is 36.5 Å². The van der Waals surface area contributed by atoms with Crippen molar-refractivity contribution in [2.75, 3.05) is 26.2 Å². The minimum atomic E-state index is -1.15. The molecule has 8 heteroatoms. The van der Waals surface area contributed by atoms with Crippen LogP contribution < -0.4 is 0 Å². The Morgan fingerprint density at radius 3 is 2.65 bits per heavy atom. The lowest BCUT2D eigenvalue weighted by molar-refractivity contribution is -0.143. The van der Waals surface area contributed by atoms with Crippen molar-refractivity contribution in [3.63, 3.8) is 0 Å². The number of carboxylic acids is 1. The molecule has 2 aliphatic heterocycles. The fraction of sp³-hybridized carbons (Fsp3) is 0.556. The maximum atomic E-state index is 14.3. The van der Waals surface area contributed by atoms with Crippen LogP contribution in [0.15, 0.2) is 18.2 Å². The number of benzene rings is 1. The lowest BCUT2D eigenvalue weighted by atomic mass is 9.96. The molecule has 0 bridgehead atoms. The smallest absolute Gasteiger partial charge is 0.328 e. The number of hydrogen-bond donors (Lipinski definition) is 1. The van der Waals surface area contributed by atoms with Crippen molar-refractivity contribution in [2.24, 2.45) is 0 Å².